The number of carboxylic acids is 1. The SMILES string of the molecule is Cc1cc(C(=O)Nc2cc(C(=O)O)ccn2)co1. The molecule has 6 heteroatoms. The Hall–Kier alpha value is -2.63. The lowest BCUT2D eigenvalue weighted by atomic mass is 10.2. The van der Waals surface area contributed by atoms with Crippen LogP contribution in [0.3, 0.4) is 0 Å². The second-order valence-corrected chi connectivity index (χ2v) is 3.64. The monoisotopic (exact) mass is 246 g/mol. The van der Waals surface area contributed by atoms with E-state index in [1.807, 2.05) is 0 Å². The molecule has 0 aliphatic heterocycles. The van der Waals surface area contributed by atoms with Crippen LogP contribution in [-0.2, 0) is 0 Å². The summed E-state index contributed by atoms with van der Waals surface area (Å²) >= 11 is 0. The number of carboxylic acid groups (broad SMARTS) is 1. The Morgan fingerprint density at radius 1 is 1.33 bits per heavy atom. The summed E-state index contributed by atoms with van der Waals surface area (Å²) in [6.07, 6.45) is 2.64. The van der Waals surface area contributed by atoms with Crippen LogP contribution in [0.15, 0.2) is 35.1 Å². The molecule has 0 saturated carbocycles. The van der Waals surface area contributed by atoms with Gasteiger partial charge >= 0.3 is 5.97 Å². The summed E-state index contributed by atoms with van der Waals surface area (Å²) in [6, 6.07) is 4.21. The van der Waals surface area contributed by atoms with Crippen LogP contribution in [0.4, 0.5) is 5.82 Å². The number of carbonyl (C=O) groups excluding carboxylic acids is 1. The Labute approximate surface area is 102 Å². The molecule has 1 amide bonds. The quantitative estimate of drug-likeness (QED) is 0.863. The molecule has 0 fully saturated rings. The van der Waals surface area contributed by atoms with Gasteiger partial charge in [-0.15, -0.1) is 0 Å². The van der Waals surface area contributed by atoms with Crippen LogP contribution >= 0.6 is 0 Å². The number of hydrogen-bond acceptors (Lipinski definition) is 4. The maximum Gasteiger partial charge on any atom is 0.335 e. The number of nitrogens with zero attached hydrogens (tertiary/aromatic N) is 1. The van der Waals surface area contributed by atoms with Gasteiger partial charge in [0.15, 0.2) is 0 Å². The van der Waals surface area contributed by atoms with Crippen LogP contribution in [0.1, 0.15) is 26.5 Å². The van der Waals surface area contributed by atoms with E-state index in [1.54, 1.807) is 13.0 Å². The predicted octanol–water partition coefficient (Wildman–Crippen LogP) is 1.93. The average Bonchev–Trinajstić information content (AvgIpc) is 2.76. The number of carbonyl (C=O) groups is 2. The number of hydrogen-bond donors (Lipinski definition) is 2. The van der Waals surface area contributed by atoms with Crippen molar-refractivity contribution in [3.8, 4) is 0 Å². The Morgan fingerprint density at radius 3 is 2.72 bits per heavy atom. The zero-order valence-corrected chi connectivity index (χ0v) is 9.51. The molecule has 6 nitrogen and oxygen atoms in total. The summed E-state index contributed by atoms with van der Waals surface area (Å²) in [5.74, 6) is -0.680. The molecule has 0 spiro atoms. The van der Waals surface area contributed by atoms with Crippen molar-refractivity contribution >= 4 is 17.7 Å². The van der Waals surface area contributed by atoms with Crippen LogP contribution < -0.4 is 5.32 Å². The maximum absolute atomic E-state index is 11.8. The van der Waals surface area contributed by atoms with Crippen molar-refractivity contribution in [3.63, 3.8) is 0 Å². The van der Waals surface area contributed by atoms with Gasteiger partial charge in [0.25, 0.3) is 5.91 Å². The lowest BCUT2D eigenvalue weighted by Crippen LogP contribution is -2.12. The number of aromatic carboxylic acids is 1. The Morgan fingerprint density at radius 2 is 2.11 bits per heavy atom. The third-order valence-corrected chi connectivity index (χ3v) is 2.24. The van der Waals surface area contributed by atoms with E-state index in [-0.39, 0.29) is 11.4 Å². The van der Waals surface area contributed by atoms with E-state index in [1.165, 1.54) is 24.6 Å². The fourth-order valence-electron chi connectivity index (χ4n) is 1.38. The fraction of sp³-hybridized carbons (Fsp3) is 0.0833. The number of nitrogens with one attached hydrogen (secondary N) is 1. The van der Waals surface area contributed by atoms with Gasteiger partial charge in [-0.1, -0.05) is 0 Å². The summed E-state index contributed by atoms with van der Waals surface area (Å²) < 4.78 is 5.01. The molecular weight excluding hydrogens is 236 g/mol. The molecule has 2 rings (SSSR count). The molecule has 0 unspecified atom stereocenters. The number of amides is 1. The Balaban J connectivity index is 2.16. The van der Waals surface area contributed by atoms with Gasteiger partial charge in [0.1, 0.15) is 17.8 Å². The third-order valence-electron chi connectivity index (χ3n) is 2.24. The first-order chi connectivity index (χ1) is 8.56. The van der Waals surface area contributed by atoms with Crippen LogP contribution in [0.2, 0.25) is 0 Å². The molecule has 2 heterocycles. The highest BCUT2D eigenvalue weighted by Crippen LogP contribution is 2.11. The number of pyridine rings is 1. The van der Waals surface area contributed by atoms with Gasteiger partial charge in [-0.2, -0.15) is 0 Å². The average molecular weight is 246 g/mol. The summed E-state index contributed by atoms with van der Waals surface area (Å²) in [6.45, 7) is 1.72. The lowest BCUT2D eigenvalue weighted by Gasteiger charge is -2.02. The minimum atomic E-state index is -1.08. The second-order valence-electron chi connectivity index (χ2n) is 3.64. The van der Waals surface area contributed by atoms with E-state index < -0.39 is 11.9 Å². The van der Waals surface area contributed by atoms with Crippen molar-refractivity contribution < 1.29 is 19.1 Å². The van der Waals surface area contributed by atoms with Crippen molar-refractivity contribution in [3.05, 3.63) is 47.5 Å². The molecule has 0 aliphatic rings. The zero-order chi connectivity index (χ0) is 13.1. The van der Waals surface area contributed by atoms with Gasteiger partial charge in [0, 0.05) is 6.20 Å². The Kier molecular flexibility index (Phi) is 3.09. The van der Waals surface area contributed by atoms with Gasteiger partial charge in [-0.05, 0) is 25.1 Å². The highest BCUT2D eigenvalue weighted by molar-refractivity contribution is 6.04. The first-order valence-corrected chi connectivity index (χ1v) is 5.12. The van der Waals surface area contributed by atoms with E-state index in [2.05, 4.69) is 10.3 Å². The molecule has 0 aliphatic carbocycles. The number of rotatable bonds is 3. The minimum absolute atomic E-state index is 0.0590. The molecule has 0 radical (unpaired) electrons. The van der Waals surface area contributed by atoms with Gasteiger partial charge in [0.05, 0.1) is 11.1 Å². The van der Waals surface area contributed by atoms with E-state index >= 15 is 0 Å². The van der Waals surface area contributed by atoms with Gasteiger partial charge in [0.2, 0.25) is 0 Å². The van der Waals surface area contributed by atoms with Crippen LogP contribution in [-0.4, -0.2) is 22.0 Å². The molecule has 18 heavy (non-hydrogen) atoms. The highest BCUT2D eigenvalue weighted by atomic mass is 16.4. The smallest absolute Gasteiger partial charge is 0.335 e. The topological polar surface area (TPSA) is 92.4 Å². The maximum atomic E-state index is 11.8. The van der Waals surface area contributed by atoms with Crippen LogP contribution in [0.5, 0.6) is 0 Å². The zero-order valence-electron chi connectivity index (χ0n) is 9.51. The molecule has 0 atom stereocenters. The van der Waals surface area contributed by atoms with Crippen LogP contribution in [0.25, 0.3) is 0 Å². The molecule has 0 bridgehead atoms. The molecule has 2 aromatic rings. The summed E-state index contributed by atoms with van der Waals surface area (Å²) in [4.78, 5) is 26.4. The lowest BCUT2D eigenvalue weighted by molar-refractivity contribution is 0.0696. The normalized spacial score (nSPS) is 10.1. The second kappa shape index (κ2) is 4.70. The van der Waals surface area contributed by atoms with Crippen LogP contribution in [0, 0.1) is 6.92 Å². The first-order valence-electron chi connectivity index (χ1n) is 5.12. The van der Waals surface area contributed by atoms with E-state index in [9.17, 15) is 9.59 Å². The van der Waals surface area contributed by atoms with Gasteiger partial charge < -0.3 is 14.8 Å². The van der Waals surface area contributed by atoms with Crippen molar-refractivity contribution in [2.24, 2.45) is 0 Å². The molecule has 0 aromatic carbocycles. The summed E-state index contributed by atoms with van der Waals surface area (Å²) in [5, 5.41) is 11.3. The summed E-state index contributed by atoms with van der Waals surface area (Å²) in [7, 11) is 0. The van der Waals surface area contributed by atoms with E-state index in [0.29, 0.717) is 11.3 Å². The highest BCUT2D eigenvalue weighted by Gasteiger charge is 2.11. The largest absolute Gasteiger partial charge is 0.478 e. The fourth-order valence-corrected chi connectivity index (χ4v) is 1.38. The predicted molar refractivity (Wildman–Crippen MR) is 62.6 cm³/mol. The standard InChI is InChI=1S/C12H10N2O4/c1-7-4-9(6-18-7)11(15)14-10-5-8(12(16)17)2-3-13-10/h2-6H,1H3,(H,16,17)(H,13,14,15). The number of aromatic nitrogens is 1. The molecule has 92 valence electrons. The third kappa shape index (κ3) is 2.54. The first kappa shape index (κ1) is 11.8. The molecule has 0 saturated heterocycles. The molecule has 2 N–H and O–H groups in total. The van der Waals surface area contributed by atoms with Gasteiger partial charge in [-0.3, -0.25) is 4.79 Å². The minimum Gasteiger partial charge on any atom is -0.478 e. The van der Waals surface area contributed by atoms with Crippen molar-refractivity contribution in [2.45, 2.75) is 6.92 Å². The van der Waals surface area contributed by atoms with Crippen molar-refractivity contribution in [1.82, 2.24) is 4.98 Å². The summed E-state index contributed by atoms with van der Waals surface area (Å²) in [5.41, 5.74) is 0.415. The number of furan rings is 1. The number of aryl methyl sites for hydroxylation is 1. The molecular formula is C12H10N2O4. The number of anilines is 1. The molecule has 2 aromatic heterocycles. The van der Waals surface area contributed by atoms with E-state index in [4.69, 9.17) is 9.52 Å². The van der Waals surface area contributed by atoms with Crippen molar-refractivity contribution in [1.29, 1.82) is 0 Å². The Bertz CT molecular complexity index is 604. The van der Waals surface area contributed by atoms with Gasteiger partial charge in [-0.25, -0.2) is 9.78 Å². The van der Waals surface area contributed by atoms with Crippen molar-refractivity contribution in [2.75, 3.05) is 5.32 Å². The van der Waals surface area contributed by atoms with E-state index in [0.717, 1.165) is 0 Å².